The van der Waals surface area contributed by atoms with Crippen molar-refractivity contribution < 1.29 is 4.79 Å². The molecular formula is C17H22N4OS2. The lowest BCUT2D eigenvalue weighted by atomic mass is 9.93. The van der Waals surface area contributed by atoms with Gasteiger partial charge in [-0.05, 0) is 51.5 Å². The Morgan fingerprint density at radius 1 is 1.50 bits per heavy atom. The minimum atomic E-state index is -0.0334. The van der Waals surface area contributed by atoms with Crippen LogP contribution in [0, 0.1) is 0 Å². The Balaban J connectivity index is 1.56. The third kappa shape index (κ3) is 3.84. The molecule has 0 aliphatic carbocycles. The molecule has 2 heterocycles. The molecule has 2 N–H and O–H groups in total. The van der Waals surface area contributed by atoms with E-state index in [0.29, 0.717) is 24.1 Å². The molecule has 1 amide bonds. The van der Waals surface area contributed by atoms with Crippen LogP contribution in [0.4, 0.5) is 5.13 Å². The second-order valence-electron chi connectivity index (χ2n) is 6.85. The number of carbonyl (C=O) groups excluding carboxylic acids is 1. The third-order valence-corrected chi connectivity index (χ3v) is 5.45. The number of carbonyl (C=O) groups is 1. The molecule has 24 heavy (non-hydrogen) atoms. The van der Waals surface area contributed by atoms with Crippen LogP contribution in [0.2, 0.25) is 0 Å². The van der Waals surface area contributed by atoms with Crippen LogP contribution in [0.25, 0.3) is 10.2 Å². The van der Waals surface area contributed by atoms with E-state index in [1.807, 2.05) is 24.3 Å². The highest BCUT2D eigenvalue weighted by Crippen LogP contribution is 2.26. The van der Waals surface area contributed by atoms with Crippen molar-refractivity contribution in [3.63, 3.8) is 0 Å². The van der Waals surface area contributed by atoms with Gasteiger partial charge in [0.2, 0.25) is 5.91 Å². The zero-order valence-electron chi connectivity index (χ0n) is 14.1. The molecule has 1 unspecified atom stereocenters. The van der Waals surface area contributed by atoms with Gasteiger partial charge in [0.1, 0.15) is 0 Å². The number of rotatable bonds is 4. The van der Waals surface area contributed by atoms with Crippen molar-refractivity contribution in [3.05, 3.63) is 24.3 Å². The quantitative estimate of drug-likeness (QED) is 0.817. The Bertz CT molecular complexity index is 738. The average molecular weight is 363 g/mol. The Labute approximate surface area is 151 Å². The van der Waals surface area contributed by atoms with Gasteiger partial charge < -0.3 is 15.5 Å². The fourth-order valence-electron chi connectivity index (χ4n) is 3.11. The summed E-state index contributed by atoms with van der Waals surface area (Å²) in [6.45, 7) is 7.06. The number of hydrogen-bond acceptors (Lipinski definition) is 4. The summed E-state index contributed by atoms with van der Waals surface area (Å²) in [4.78, 5) is 18.8. The number of amides is 1. The summed E-state index contributed by atoms with van der Waals surface area (Å²) < 4.78 is 1.07. The molecule has 1 aliphatic heterocycles. The molecule has 1 fully saturated rings. The van der Waals surface area contributed by atoms with Gasteiger partial charge in [0.25, 0.3) is 0 Å². The van der Waals surface area contributed by atoms with E-state index in [2.05, 4.69) is 41.3 Å². The van der Waals surface area contributed by atoms with Crippen molar-refractivity contribution in [1.29, 1.82) is 0 Å². The lowest BCUT2D eigenvalue weighted by Gasteiger charge is -2.44. The van der Waals surface area contributed by atoms with Gasteiger partial charge in [-0.1, -0.05) is 23.5 Å². The maximum absolute atomic E-state index is 12.2. The van der Waals surface area contributed by atoms with E-state index in [1.54, 1.807) is 0 Å². The zero-order valence-corrected chi connectivity index (χ0v) is 15.8. The Kier molecular flexibility index (Phi) is 4.73. The van der Waals surface area contributed by atoms with E-state index in [9.17, 15) is 4.79 Å². The van der Waals surface area contributed by atoms with Gasteiger partial charge in [0.05, 0.1) is 10.2 Å². The predicted molar refractivity (Wildman–Crippen MR) is 103 cm³/mol. The van der Waals surface area contributed by atoms with Crippen LogP contribution in [0.5, 0.6) is 0 Å². The molecule has 0 bridgehead atoms. The van der Waals surface area contributed by atoms with Crippen LogP contribution in [0.3, 0.4) is 0 Å². The van der Waals surface area contributed by atoms with Crippen molar-refractivity contribution in [1.82, 2.24) is 15.2 Å². The number of anilines is 1. The molecule has 1 atom stereocenters. The highest BCUT2D eigenvalue weighted by molar-refractivity contribution is 7.80. The van der Waals surface area contributed by atoms with Crippen LogP contribution in [0.15, 0.2) is 24.3 Å². The summed E-state index contributed by atoms with van der Waals surface area (Å²) in [7, 11) is 0. The van der Waals surface area contributed by atoms with Crippen molar-refractivity contribution in [2.24, 2.45) is 0 Å². The monoisotopic (exact) mass is 362 g/mol. The lowest BCUT2D eigenvalue weighted by Crippen LogP contribution is -2.60. The Hall–Kier alpha value is -1.73. The second kappa shape index (κ2) is 6.64. The van der Waals surface area contributed by atoms with Crippen molar-refractivity contribution in [2.75, 3.05) is 11.9 Å². The van der Waals surface area contributed by atoms with Crippen molar-refractivity contribution in [2.45, 2.75) is 45.2 Å². The fourth-order valence-corrected chi connectivity index (χ4v) is 4.54. The molecule has 1 aliphatic rings. The molecule has 1 aromatic heterocycles. The van der Waals surface area contributed by atoms with Gasteiger partial charge in [0.15, 0.2) is 10.2 Å². The number of para-hydroxylation sites is 1. The van der Waals surface area contributed by atoms with Crippen molar-refractivity contribution >= 4 is 49.9 Å². The summed E-state index contributed by atoms with van der Waals surface area (Å²) in [6, 6.07) is 8.19. The minimum Gasteiger partial charge on any atom is -0.358 e. The third-order valence-electron chi connectivity index (χ3n) is 4.16. The number of benzene rings is 1. The summed E-state index contributed by atoms with van der Waals surface area (Å²) in [5, 5.41) is 7.61. The number of nitrogens with zero attached hydrogens (tertiary/aromatic N) is 2. The molecule has 1 aromatic carbocycles. The number of thiocarbonyl (C=S) groups is 1. The number of hydrogen-bond donors (Lipinski definition) is 2. The highest BCUT2D eigenvalue weighted by atomic mass is 32.1. The predicted octanol–water partition coefficient (Wildman–Crippen LogP) is 3.37. The average Bonchev–Trinajstić information content (AvgIpc) is 2.87. The molecule has 0 radical (unpaired) electrons. The van der Waals surface area contributed by atoms with Crippen LogP contribution in [0.1, 0.15) is 33.6 Å². The molecule has 2 aromatic rings. The number of fused-ring (bicyclic) bond motifs is 1. The number of thiazole rings is 1. The molecule has 0 spiro atoms. The topological polar surface area (TPSA) is 57.3 Å². The largest absolute Gasteiger partial charge is 0.358 e. The van der Waals surface area contributed by atoms with E-state index < -0.39 is 0 Å². The fraction of sp³-hybridized carbons (Fsp3) is 0.471. The van der Waals surface area contributed by atoms with E-state index in [1.165, 1.54) is 11.3 Å². The highest BCUT2D eigenvalue weighted by Gasteiger charge is 2.33. The Morgan fingerprint density at radius 3 is 2.96 bits per heavy atom. The lowest BCUT2D eigenvalue weighted by molar-refractivity contribution is -0.116. The van der Waals surface area contributed by atoms with E-state index in [4.69, 9.17) is 12.2 Å². The van der Waals surface area contributed by atoms with E-state index >= 15 is 0 Å². The molecule has 5 nitrogen and oxygen atoms in total. The van der Waals surface area contributed by atoms with Gasteiger partial charge >= 0.3 is 0 Å². The van der Waals surface area contributed by atoms with Gasteiger partial charge in [-0.15, -0.1) is 0 Å². The molecule has 1 saturated heterocycles. The summed E-state index contributed by atoms with van der Waals surface area (Å²) >= 11 is 6.94. The van der Waals surface area contributed by atoms with E-state index in [0.717, 1.165) is 21.7 Å². The molecule has 0 saturated carbocycles. The zero-order chi connectivity index (χ0) is 17.3. The molecule has 7 heteroatoms. The maximum atomic E-state index is 12.2. The van der Waals surface area contributed by atoms with Gasteiger partial charge in [0, 0.05) is 24.5 Å². The molecular weight excluding hydrogens is 340 g/mol. The van der Waals surface area contributed by atoms with Gasteiger partial charge in [-0.2, -0.15) is 0 Å². The molecule has 128 valence electrons. The Morgan fingerprint density at radius 2 is 2.25 bits per heavy atom. The summed E-state index contributed by atoms with van der Waals surface area (Å²) in [6.07, 6.45) is 1.38. The first-order valence-corrected chi connectivity index (χ1v) is 9.31. The van der Waals surface area contributed by atoms with Crippen LogP contribution < -0.4 is 10.6 Å². The van der Waals surface area contributed by atoms with Gasteiger partial charge in [-0.25, -0.2) is 4.98 Å². The summed E-state index contributed by atoms with van der Waals surface area (Å²) in [5.41, 5.74) is 0.922. The molecule has 3 rings (SSSR count). The SMILES string of the molecule is CC1CC(C)(C)NC(=S)N1CCC(=O)Nc1nc2ccccc2s1. The standard InChI is InChI=1S/C17H22N4OS2/c1-11-10-17(2,3)20-16(23)21(11)9-8-14(22)19-15-18-12-6-4-5-7-13(12)24-15/h4-7,11H,8-10H2,1-3H3,(H,20,23)(H,18,19,22). The van der Waals surface area contributed by atoms with Crippen LogP contribution >= 0.6 is 23.6 Å². The number of nitrogens with one attached hydrogen (secondary N) is 2. The minimum absolute atomic E-state index is 0.0102. The van der Waals surface area contributed by atoms with Gasteiger partial charge in [-0.3, -0.25) is 4.79 Å². The van der Waals surface area contributed by atoms with Crippen LogP contribution in [-0.2, 0) is 4.79 Å². The first-order chi connectivity index (χ1) is 11.3. The summed E-state index contributed by atoms with van der Waals surface area (Å²) in [5.74, 6) is -0.0334. The normalized spacial score (nSPS) is 20.0. The second-order valence-corrected chi connectivity index (χ2v) is 8.26. The maximum Gasteiger partial charge on any atom is 0.227 e. The van der Waals surface area contributed by atoms with Crippen molar-refractivity contribution in [3.8, 4) is 0 Å². The first-order valence-electron chi connectivity index (χ1n) is 8.08. The van der Waals surface area contributed by atoms with Crippen LogP contribution in [-0.4, -0.2) is 39.0 Å². The van der Waals surface area contributed by atoms with E-state index in [-0.39, 0.29) is 11.4 Å². The first kappa shape index (κ1) is 17.1. The smallest absolute Gasteiger partial charge is 0.227 e. The number of aromatic nitrogens is 1.